The highest BCUT2D eigenvalue weighted by molar-refractivity contribution is 5.22. The Morgan fingerprint density at radius 3 is 2.69 bits per heavy atom. The van der Waals surface area contributed by atoms with Gasteiger partial charge in [0.1, 0.15) is 6.10 Å². The van der Waals surface area contributed by atoms with E-state index in [1.807, 2.05) is 18.2 Å². The number of epoxide rings is 1. The van der Waals surface area contributed by atoms with Gasteiger partial charge in [-0.15, -0.1) is 0 Å². The van der Waals surface area contributed by atoms with Gasteiger partial charge in [0.05, 0.1) is 6.10 Å². The molecule has 0 amide bonds. The summed E-state index contributed by atoms with van der Waals surface area (Å²) in [6.07, 6.45) is 2.44. The summed E-state index contributed by atoms with van der Waals surface area (Å²) >= 11 is 0. The second kappa shape index (κ2) is 3.90. The lowest BCUT2D eigenvalue weighted by molar-refractivity contribution is 0.273. The maximum Gasteiger partial charge on any atom is 0.109 e. The van der Waals surface area contributed by atoms with Crippen LogP contribution in [-0.4, -0.2) is 17.8 Å². The molecule has 1 fully saturated rings. The Hall–Kier alpha value is -0.860. The standard InChI is InChI=1S/C11H14O2/c12-8-4-7-10-11(13-10)9-5-2-1-3-6-9/h1-3,5-6,10-12H,4,7-8H2. The van der Waals surface area contributed by atoms with Crippen molar-refractivity contribution < 1.29 is 9.84 Å². The molecule has 0 aromatic heterocycles. The van der Waals surface area contributed by atoms with Crippen LogP contribution in [0.25, 0.3) is 0 Å². The van der Waals surface area contributed by atoms with Crippen LogP contribution in [0.5, 0.6) is 0 Å². The highest BCUT2D eigenvalue weighted by Gasteiger charge is 2.38. The molecule has 1 aliphatic rings. The van der Waals surface area contributed by atoms with E-state index in [0.717, 1.165) is 12.8 Å². The molecule has 2 unspecified atom stereocenters. The predicted octanol–water partition coefficient (Wildman–Crippen LogP) is 1.90. The number of aliphatic hydroxyl groups excluding tert-OH is 1. The van der Waals surface area contributed by atoms with Gasteiger partial charge in [0, 0.05) is 6.61 Å². The van der Waals surface area contributed by atoms with Gasteiger partial charge < -0.3 is 9.84 Å². The van der Waals surface area contributed by atoms with Gasteiger partial charge >= 0.3 is 0 Å². The maximum atomic E-state index is 8.64. The van der Waals surface area contributed by atoms with E-state index in [2.05, 4.69) is 12.1 Å². The SMILES string of the molecule is OCCCC1OC1c1ccccc1. The van der Waals surface area contributed by atoms with Crippen molar-refractivity contribution in [2.75, 3.05) is 6.61 Å². The van der Waals surface area contributed by atoms with Crippen LogP contribution < -0.4 is 0 Å². The fourth-order valence-corrected chi connectivity index (χ4v) is 1.59. The van der Waals surface area contributed by atoms with Crippen molar-refractivity contribution in [2.24, 2.45) is 0 Å². The molecule has 2 atom stereocenters. The largest absolute Gasteiger partial charge is 0.396 e. The molecule has 1 aromatic carbocycles. The molecule has 1 saturated heterocycles. The number of benzene rings is 1. The highest BCUT2D eigenvalue weighted by Crippen LogP contribution is 2.40. The van der Waals surface area contributed by atoms with Crippen molar-refractivity contribution in [3.8, 4) is 0 Å². The summed E-state index contributed by atoms with van der Waals surface area (Å²) < 4.78 is 5.49. The summed E-state index contributed by atoms with van der Waals surface area (Å²) in [4.78, 5) is 0. The van der Waals surface area contributed by atoms with Gasteiger partial charge in [-0.2, -0.15) is 0 Å². The van der Waals surface area contributed by atoms with Crippen LogP contribution in [0.3, 0.4) is 0 Å². The minimum absolute atomic E-state index is 0.265. The van der Waals surface area contributed by atoms with Gasteiger partial charge in [-0.05, 0) is 18.4 Å². The van der Waals surface area contributed by atoms with E-state index in [1.165, 1.54) is 5.56 Å². The molecule has 1 aromatic rings. The minimum atomic E-state index is 0.265. The molecule has 70 valence electrons. The van der Waals surface area contributed by atoms with Gasteiger partial charge in [0.15, 0.2) is 0 Å². The highest BCUT2D eigenvalue weighted by atomic mass is 16.6. The fraction of sp³-hybridized carbons (Fsp3) is 0.455. The molecular weight excluding hydrogens is 164 g/mol. The number of aliphatic hydroxyl groups is 1. The Morgan fingerprint density at radius 1 is 1.23 bits per heavy atom. The molecule has 13 heavy (non-hydrogen) atoms. The normalized spacial score (nSPS) is 25.9. The Labute approximate surface area is 78.2 Å². The zero-order valence-corrected chi connectivity index (χ0v) is 7.52. The van der Waals surface area contributed by atoms with E-state index >= 15 is 0 Å². The third-order valence-electron chi connectivity index (χ3n) is 2.36. The van der Waals surface area contributed by atoms with Gasteiger partial charge in [-0.1, -0.05) is 30.3 Å². The molecule has 0 bridgehead atoms. The average molecular weight is 178 g/mol. The fourth-order valence-electron chi connectivity index (χ4n) is 1.59. The lowest BCUT2D eigenvalue weighted by Gasteiger charge is -1.94. The van der Waals surface area contributed by atoms with E-state index in [-0.39, 0.29) is 12.7 Å². The van der Waals surface area contributed by atoms with Crippen molar-refractivity contribution in [1.29, 1.82) is 0 Å². The number of hydrogen-bond donors (Lipinski definition) is 1. The molecule has 0 spiro atoms. The van der Waals surface area contributed by atoms with Crippen LogP contribution in [0.2, 0.25) is 0 Å². The zero-order chi connectivity index (χ0) is 9.10. The van der Waals surface area contributed by atoms with Gasteiger partial charge in [0.25, 0.3) is 0 Å². The minimum Gasteiger partial charge on any atom is -0.396 e. The average Bonchev–Trinajstić information content (AvgIpc) is 2.95. The molecule has 0 radical (unpaired) electrons. The van der Waals surface area contributed by atoms with E-state index in [1.54, 1.807) is 0 Å². The number of hydrogen-bond acceptors (Lipinski definition) is 2. The Morgan fingerprint density at radius 2 is 2.00 bits per heavy atom. The van der Waals surface area contributed by atoms with Crippen molar-refractivity contribution >= 4 is 0 Å². The number of ether oxygens (including phenoxy) is 1. The quantitative estimate of drug-likeness (QED) is 0.714. The van der Waals surface area contributed by atoms with Crippen molar-refractivity contribution in [3.05, 3.63) is 35.9 Å². The molecule has 1 aliphatic heterocycles. The summed E-state index contributed by atoms with van der Waals surface area (Å²) in [6.45, 7) is 0.265. The first kappa shape index (κ1) is 8.73. The van der Waals surface area contributed by atoms with Crippen LogP contribution in [-0.2, 0) is 4.74 Å². The summed E-state index contributed by atoms with van der Waals surface area (Å²) in [5.41, 5.74) is 1.26. The van der Waals surface area contributed by atoms with E-state index in [4.69, 9.17) is 9.84 Å². The molecule has 2 nitrogen and oxygen atoms in total. The van der Waals surface area contributed by atoms with Crippen molar-refractivity contribution in [1.82, 2.24) is 0 Å². The van der Waals surface area contributed by atoms with Crippen molar-refractivity contribution in [2.45, 2.75) is 25.0 Å². The van der Waals surface area contributed by atoms with Crippen molar-refractivity contribution in [3.63, 3.8) is 0 Å². The predicted molar refractivity (Wildman–Crippen MR) is 50.4 cm³/mol. The second-order valence-electron chi connectivity index (χ2n) is 3.37. The van der Waals surface area contributed by atoms with E-state index < -0.39 is 0 Å². The molecule has 0 aliphatic carbocycles. The molecule has 2 heteroatoms. The monoisotopic (exact) mass is 178 g/mol. The van der Waals surface area contributed by atoms with E-state index in [0.29, 0.717) is 6.10 Å². The van der Waals surface area contributed by atoms with Gasteiger partial charge in [-0.3, -0.25) is 0 Å². The molecule has 0 saturated carbocycles. The number of rotatable bonds is 4. The third kappa shape index (κ3) is 2.08. The summed E-state index contributed by atoms with van der Waals surface area (Å²) in [7, 11) is 0. The van der Waals surface area contributed by atoms with Gasteiger partial charge in [0.2, 0.25) is 0 Å². The molecule has 1 heterocycles. The summed E-state index contributed by atoms with van der Waals surface area (Å²) in [6, 6.07) is 10.2. The van der Waals surface area contributed by atoms with Crippen LogP contribution in [0.4, 0.5) is 0 Å². The third-order valence-corrected chi connectivity index (χ3v) is 2.36. The molecular formula is C11H14O2. The zero-order valence-electron chi connectivity index (χ0n) is 7.52. The lowest BCUT2D eigenvalue weighted by atomic mass is 10.1. The second-order valence-corrected chi connectivity index (χ2v) is 3.37. The van der Waals surface area contributed by atoms with E-state index in [9.17, 15) is 0 Å². The lowest BCUT2D eigenvalue weighted by Crippen LogP contribution is -1.91. The Bertz CT molecular complexity index is 258. The summed E-state index contributed by atoms with van der Waals surface area (Å²) in [5.74, 6) is 0. The Kier molecular flexibility index (Phi) is 2.62. The first-order valence-electron chi connectivity index (χ1n) is 4.73. The van der Waals surface area contributed by atoms with Crippen LogP contribution in [0, 0.1) is 0 Å². The first-order chi connectivity index (χ1) is 6.42. The smallest absolute Gasteiger partial charge is 0.109 e. The molecule has 1 N–H and O–H groups in total. The maximum absolute atomic E-state index is 8.64. The molecule has 2 rings (SSSR count). The Balaban J connectivity index is 1.86. The topological polar surface area (TPSA) is 32.8 Å². The van der Waals surface area contributed by atoms with Crippen LogP contribution in [0.15, 0.2) is 30.3 Å². The summed E-state index contributed by atoms with van der Waals surface area (Å²) in [5, 5.41) is 8.64. The van der Waals surface area contributed by atoms with Crippen LogP contribution in [0.1, 0.15) is 24.5 Å². The van der Waals surface area contributed by atoms with Gasteiger partial charge in [-0.25, -0.2) is 0 Å². The van der Waals surface area contributed by atoms with Crippen LogP contribution >= 0.6 is 0 Å². The first-order valence-corrected chi connectivity index (χ1v) is 4.73.